The molecule has 0 spiro atoms. The summed E-state index contributed by atoms with van der Waals surface area (Å²) >= 11 is 0. The maximum Gasteiger partial charge on any atom is 0.417 e. The van der Waals surface area contributed by atoms with Crippen molar-refractivity contribution in [1.82, 2.24) is 10.5 Å². The molecule has 0 aliphatic rings. The third kappa shape index (κ3) is 2.41. The first-order valence-electron chi connectivity index (χ1n) is 1.88. The van der Waals surface area contributed by atoms with Gasteiger partial charge in [-0.2, -0.15) is 5.26 Å². The third-order valence-electron chi connectivity index (χ3n) is 0.453. The number of nitro groups is 1. The van der Waals surface area contributed by atoms with Gasteiger partial charge in [0.15, 0.2) is 5.03 Å². The first-order chi connectivity index (χ1) is 4.57. The molecule has 0 radical (unpaired) electrons. The van der Waals surface area contributed by atoms with E-state index in [1.165, 1.54) is 0 Å². The lowest BCUT2D eigenvalue weighted by Gasteiger charge is -1.95. The molecule has 0 aromatic carbocycles. The van der Waals surface area contributed by atoms with Crippen molar-refractivity contribution in [1.29, 1.82) is 5.26 Å². The molecule has 0 saturated carbocycles. The Hall–Kier alpha value is -1.91. The van der Waals surface area contributed by atoms with E-state index in [1.54, 1.807) is 0 Å². The predicted octanol–water partition coefficient (Wildman–Crippen LogP) is -0.445. The molecular formula is C2HFN4O3. The quantitative estimate of drug-likeness (QED) is 0.179. The summed E-state index contributed by atoms with van der Waals surface area (Å²) in [5, 5.41) is 14.8. The van der Waals surface area contributed by atoms with E-state index in [9.17, 15) is 19.4 Å². The molecule has 0 aromatic heterocycles. The van der Waals surface area contributed by atoms with Gasteiger partial charge in [0.25, 0.3) is 0 Å². The lowest BCUT2D eigenvalue weighted by molar-refractivity contribution is -0.529. The number of nitrogens with zero attached hydrogens (tertiary/aromatic N) is 3. The number of nitriles is 1. The van der Waals surface area contributed by atoms with E-state index in [4.69, 9.17) is 5.26 Å². The van der Waals surface area contributed by atoms with Crippen LogP contribution < -0.4 is 5.43 Å². The molecule has 10 heavy (non-hydrogen) atoms. The number of carbonyl (C=O) groups excluding carboxylic acids is 1. The summed E-state index contributed by atoms with van der Waals surface area (Å²) in [7, 11) is 0. The van der Waals surface area contributed by atoms with Crippen LogP contribution in [0.4, 0.5) is 9.28 Å². The van der Waals surface area contributed by atoms with Crippen LogP contribution in [0.2, 0.25) is 0 Å². The molecule has 54 valence electrons. The number of hydrogen-bond donors (Lipinski definition) is 1. The molecule has 7 nitrogen and oxygen atoms in total. The molecular weight excluding hydrogens is 147 g/mol. The lowest BCUT2D eigenvalue weighted by Crippen LogP contribution is -2.35. The molecule has 1 N–H and O–H groups in total. The topological polar surface area (TPSA) is 99.3 Å². The third-order valence-corrected chi connectivity index (χ3v) is 0.453. The zero-order valence-electron chi connectivity index (χ0n) is 4.44. The average molecular weight is 148 g/mol. The number of halogens is 1. The van der Waals surface area contributed by atoms with Gasteiger partial charge in [0, 0.05) is 0 Å². The fraction of sp³-hybridized carbons (Fsp3) is 0. The Kier molecular flexibility index (Phi) is 2.57. The Labute approximate surface area is 53.7 Å². The number of carbonyl (C=O) groups is 1. The van der Waals surface area contributed by atoms with Crippen molar-refractivity contribution in [2.45, 2.75) is 0 Å². The second kappa shape index (κ2) is 3.18. The molecule has 0 atom stereocenters. The van der Waals surface area contributed by atoms with Crippen LogP contribution in [-0.2, 0) is 0 Å². The Morgan fingerprint density at radius 2 is 2.40 bits per heavy atom. The van der Waals surface area contributed by atoms with E-state index in [-0.39, 0.29) is 0 Å². The molecule has 0 aromatic rings. The van der Waals surface area contributed by atoms with Crippen LogP contribution in [0.5, 0.6) is 0 Å². The van der Waals surface area contributed by atoms with Gasteiger partial charge in [-0.05, 0) is 5.43 Å². The number of urea groups is 1. The smallest absolute Gasteiger partial charge is 0.239 e. The SMILES string of the molecule is N#CN(F)C(=O)N[N+](=O)[O-]. The van der Waals surface area contributed by atoms with E-state index >= 15 is 0 Å². The Balaban J connectivity index is 3.88. The monoisotopic (exact) mass is 148 g/mol. The van der Waals surface area contributed by atoms with Gasteiger partial charge < -0.3 is 0 Å². The maximum absolute atomic E-state index is 11.6. The molecule has 8 heteroatoms. The minimum atomic E-state index is -1.73. The number of amides is 2. The van der Waals surface area contributed by atoms with Crippen molar-refractivity contribution in [3.05, 3.63) is 10.1 Å². The van der Waals surface area contributed by atoms with Crippen LogP contribution in [0.1, 0.15) is 0 Å². The van der Waals surface area contributed by atoms with Gasteiger partial charge in [-0.25, -0.2) is 14.9 Å². The van der Waals surface area contributed by atoms with Crippen LogP contribution >= 0.6 is 0 Å². The van der Waals surface area contributed by atoms with Crippen molar-refractivity contribution < 1.29 is 14.3 Å². The Morgan fingerprint density at radius 3 is 2.70 bits per heavy atom. The van der Waals surface area contributed by atoms with Gasteiger partial charge in [-0.3, -0.25) is 0 Å². The van der Waals surface area contributed by atoms with Crippen LogP contribution in [0.25, 0.3) is 0 Å². The first kappa shape index (κ1) is 8.09. The highest BCUT2D eigenvalue weighted by atomic mass is 19.2. The fourth-order valence-corrected chi connectivity index (χ4v) is 0.167. The summed E-state index contributed by atoms with van der Waals surface area (Å²) in [6.07, 6.45) is 0.720. The van der Waals surface area contributed by atoms with Crippen molar-refractivity contribution in [3.63, 3.8) is 0 Å². The normalized spacial score (nSPS) is 7.60. The summed E-state index contributed by atoms with van der Waals surface area (Å²) in [5.74, 6) is 0. The summed E-state index contributed by atoms with van der Waals surface area (Å²) in [4.78, 5) is 19.4. The van der Waals surface area contributed by atoms with Crippen molar-refractivity contribution >= 4 is 6.03 Å². The molecule has 0 unspecified atom stereocenters. The zero-order valence-corrected chi connectivity index (χ0v) is 4.44. The highest BCUT2D eigenvalue weighted by molar-refractivity contribution is 5.72. The number of nitrogens with one attached hydrogen (secondary N) is 1. The fourth-order valence-electron chi connectivity index (χ4n) is 0.167. The molecule has 0 fully saturated rings. The summed E-state index contributed by atoms with van der Waals surface area (Å²) in [6, 6.07) is -1.73. The molecule has 0 bridgehead atoms. The summed E-state index contributed by atoms with van der Waals surface area (Å²) in [6.45, 7) is 0. The van der Waals surface area contributed by atoms with E-state index < -0.39 is 16.2 Å². The van der Waals surface area contributed by atoms with Gasteiger partial charge >= 0.3 is 6.03 Å². The van der Waals surface area contributed by atoms with E-state index in [1.807, 2.05) is 0 Å². The summed E-state index contributed by atoms with van der Waals surface area (Å²) in [5.41, 5.74) is 0.905. The highest BCUT2D eigenvalue weighted by Gasteiger charge is 2.15. The van der Waals surface area contributed by atoms with E-state index in [0.29, 0.717) is 0 Å². The van der Waals surface area contributed by atoms with E-state index in [2.05, 4.69) is 0 Å². The first-order valence-corrected chi connectivity index (χ1v) is 1.88. The van der Waals surface area contributed by atoms with E-state index in [0.717, 1.165) is 11.6 Å². The molecule has 0 heterocycles. The van der Waals surface area contributed by atoms with Crippen molar-refractivity contribution in [3.8, 4) is 6.19 Å². The van der Waals surface area contributed by atoms with Gasteiger partial charge in [0.05, 0.1) is 0 Å². The minimum Gasteiger partial charge on any atom is -0.239 e. The van der Waals surface area contributed by atoms with Crippen LogP contribution in [-0.4, -0.2) is 16.2 Å². The largest absolute Gasteiger partial charge is 0.417 e. The predicted molar refractivity (Wildman–Crippen MR) is 24.1 cm³/mol. The Bertz CT molecular complexity index is 197. The zero-order chi connectivity index (χ0) is 8.15. The molecule has 2 amide bonds. The second-order valence-corrected chi connectivity index (χ2v) is 1.05. The van der Waals surface area contributed by atoms with Gasteiger partial charge in [0.2, 0.25) is 6.19 Å². The van der Waals surface area contributed by atoms with Crippen molar-refractivity contribution in [2.24, 2.45) is 0 Å². The number of hydrazine groups is 1. The highest BCUT2D eigenvalue weighted by Crippen LogP contribution is 1.84. The lowest BCUT2D eigenvalue weighted by atomic mass is 11.0. The van der Waals surface area contributed by atoms with Gasteiger partial charge in [-0.1, -0.05) is 9.60 Å². The summed E-state index contributed by atoms with van der Waals surface area (Å²) < 4.78 is 11.6. The molecule has 0 rings (SSSR count). The maximum atomic E-state index is 11.6. The van der Waals surface area contributed by atoms with Gasteiger partial charge in [0.1, 0.15) is 0 Å². The van der Waals surface area contributed by atoms with Crippen LogP contribution in [0.15, 0.2) is 0 Å². The molecule has 0 aliphatic carbocycles. The van der Waals surface area contributed by atoms with Crippen LogP contribution in [0, 0.1) is 21.6 Å². The molecule has 0 aliphatic heterocycles. The number of rotatable bonds is 1. The van der Waals surface area contributed by atoms with Crippen LogP contribution in [0.3, 0.4) is 0 Å². The molecule has 0 saturated heterocycles. The second-order valence-electron chi connectivity index (χ2n) is 1.05. The number of hydrogen-bond acceptors (Lipinski definition) is 4. The Morgan fingerprint density at radius 1 is 1.90 bits per heavy atom. The standard InChI is InChI=1S/C2HFN4O3/c3-6(1-4)2(8)5-7(9)10/h(H,5,8). The van der Waals surface area contributed by atoms with Crippen molar-refractivity contribution in [2.75, 3.05) is 0 Å². The van der Waals surface area contributed by atoms with Gasteiger partial charge in [-0.15, -0.1) is 0 Å². The average Bonchev–Trinajstić information content (AvgIpc) is 1.85. The minimum absolute atomic E-state index is 0.720.